The molecule has 0 spiro atoms. The van der Waals surface area contributed by atoms with Crippen molar-refractivity contribution in [1.82, 2.24) is 0 Å². The van der Waals surface area contributed by atoms with Gasteiger partial charge in [0.15, 0.2) is 5.44 Å². The Bertz CT molecular complexity index is 139. The smallest absolute Gasteiger partial charge is 0.343 e. The third-order valence-electron chi connectivity index (χ3n) is 1.73. The van der Waals surface area contributed by atoms with Crippen molar-refractivity contribution >= 4 is 17.7 Å². The van der Waals surface area contributed by atoms with Crippen LogP contribution in [0.2, 0.25) is 0 Å². The lowest BCUT2D eigenvalue weighted by Gasteiger charge is -2.04. The van der Waals surface area contributed by atoms with Crippen molar-refractivity contribution in [1.29, 1.82) is 0 Å². The third-order valence-corrected chi connectivity index (χ3v) is 2.78. The molecule has 78 valence electrons. The van der Waals surface area contributed by atoms with Gasteiger partial charge in [-0.2, -0.15) is 0 Å². The molecule has 0 aliphatic heterocycles. The molecule has 0 rings (SSSR count). The number of unbranched alkanes of at least 4 members (excludes halogenated alkanes) is 4. The lowest BCUT2D eigenvalue weighted by molar-refractivity contribution is -0.141. The van der Waals surface area contributed by atoms with Gasteiger partial charge in [-0.15, -0.1) is 11.8 Å². The van der Waals surface area contributed by atoms with Crippen molar-refractivity contribution in [2.45, 2.75) is 44.5 Å². The van der Waals surface area contributed by atoms with Gasteiger partial charge in [-0.3, -0.25) is 0 Å². The molecule has 0 aromatic heterocycles. The quantitative estimate of drug-likeness (QED) is 0.471. The number of carbonyl (C=O) groups is 1. The van der Waals surface area contributed by atoms with Gasteiger partial charge >= 0.3 is 5.97 Å². The minimum Gasteiger partial charge on any atom is -0.479 e. The van der Waals surface area contributed by atoms with E-state index in [1.807, 2.05) is 0 Å². The monoisotopic (exact) mass is 206 g/mol. The standard InChI is InChI=1S/C9H18O3S/c1-2-3-4-5-6-7-13-9(12)8(10)11/h9,12H,2-7H2,1H3,(H,10,11). The number of aliphatic hydroxyl groups is 1. The predicted octanol–water partition coefficient (Wildman–Crippen LogP) is 2.09. The number of aliphatic carboxylic acids is 1. The predicted molar refractivity (Wildman–Crippen MR) is 54.9 cm³/mol. The zero-order chi connectivity index (χ0) is 10.1. The van der Waals surface area contributed by atoms with Gasteiger partial charge in [-0.1, -0.05) is 32.6 Å². The van der Waals surface area contributed by atoms with Crippen molar-refractivity contribution in [2.24, 2.45) is 0 Å². The van der Waals surface area contributed by atoms with E-state index >= 15 is 0 Å². The maximum atomic E-state index is 10.2. The van der Waals surface area contributed by atoms with Crippen LogP contribution in [-0.2, 0) is 4.79 Å². The average molecular weight is 206 g/mol. The first kappa shape index (κ1) is 12.8. The van der Waals surface area contributed by atoms with Gasteiger partial charge in [0, 0.05) is 0 Å². The number of thioether (sulfide) groups is 1. The Kier molecular flexibility index (Phi) is 8.24. The Morgan fingerprint density at radius 3 is 2.46 bits per heavy atom. The molecule has 0 bridgehead atoms. The second-order valence-electron chi connectivity index (χ2n) is 2.98. The molecule has 0 aromatic rings. The van der Waals surface area contributed by atoms with E-state index in [0.717, 1.165) is 30.4 Å². The average Bonchev–Trinajstić information content (AvgIpc) is 2.10. The van der Waals surface area contributed by atoms with Crippen molar-refractivity contribution < 1.29 is 15.0 Å². The molecule has 0 aliphatic carbocycles. The number of carboxylic acid groups (broad SMARTS) is 1. The highest BCUT2D eigenvalue weighted by Crippen LogP contribution is 2.12. The molecule has 0 amide bonds. The number of hydrogen-bond donors (Lipinski definition) is 2. The highest BCUT2D eigenvalue weighted by molar-refractivity contribution is 8.00. The summed E-state index contributed by atoms with van der Waals surface area (Å²) in [5.41, 5.74) is -1.24. The first-order valence-corrected chi connectivity index (χ1v) is 5.75. The fourth-order valence-electron chi connectivity index (χ4n) is 0.972. The topological polar surface area (TPSA) is 57.5 Å². The Balaban J connectivity index is 3.11. The van der Waals surface area contributed by atoms with E-state index in [-0.39, 0.29) is 0 Å². The molecule has 3 nitrogen and oxygen atoms in total. The summed E-state index contributed by atoms with van der Waals surface area (Å²) in [7, 11) is 0. The largest absolute Gasteiger partial charge is 0.479 e. The van der Waals surface area contributed by atoms with Crippen molar-refractivity contribution in [2.75, 3.05) is 5.75 Å². The molecule has 0 radical (unpaired) electrons. The molecule has 13 heavy (non-hydrogen) atoms. The molecule has 0 aromatic carbocycles. The third kappa shape index (κ3) is 8.12. The SMILES string of the molecule is CCCCCCCSC(O)C(=O)O. The fourth-order valence-corrected chi connectivity index (χ4v) is 1.71. The number of rotatable bonds is 8. The van der Waals surface area contributed by atoms with E-state index in [1.54, 1.807) is 0 Å². The lowest BCUT2D eigenvalue weighted by Crippen LogP contribution is -2.15. The summed E-state index contributed by atoms with van der Waals surface area (Å²) in [6.07, 6.45) is 5.79. The van der Waals surface area contributed by atoms with Crippen LogP contribution in [0, 0.1) is 0 Å². The molecule has 2 N–H and O–H groups in total. The molecule has 0 aliphatic rings. The Hall–Kier alpha value is -0.220. The summed E-state index contributed by atoms with van der Waals surface area (Å²) in [6.45, 7) is 2.16. The second-order valence-corrected chi connectivity index (χ2v) is 4.16. The summed E-state index contributed by atoms with van der Waals surface area (Å²) in [6, 6.07) is 0. The molecule has 0 fully saturated rings. The summed E-state index contributed by atoms with van der Waals surface area (Å²) in [5, 5.41) is 17.2. The van der Waals surface area contributed by atoms with Gasteiger partial charge < -0.3 is 10.2 Å². The molecule has 0 saturated heterocycles. The lowest BCUT2D eigenvalue weighted by atomic mass is 10.2. The minimum absolute atomic E-state index is 0.733. The van der Waals surface area contributed by atoms with E-state index in [4.69, 9.17) is 10.2 Å². The van der Waals surface area contributed by atoms with Gasteiger partial charge in [-0.05, 0) is 12.2 Å². The van der Waals surface area contributed by atoms with Crippen molar-refractivity contribution in [3.63, 3.8) is 0 Å². The highest BCUT2D eigenvalue weighted by Gasteiger charge is 2.11. The van der Waals surface area contributed by atoms with Gasteiger partial charge in [0.2, 0.25) is 0 Å². The maximum absolute atomic E-state index is 10.2. The fraction of sp³-hybridized carbons (Fsp3) is 0.889. The molecular formula is C9H18O3S. The van der Waals surface area contributed by atoms with E-state index in [9.17, 15) is 4.79 Å². The van der Waals surface area contributed by atoms with E-state index < -0.39 is 11.4 Å². The Morgan fingerprint density at radius 2 is 1.92 bits per heavy atom. The van der Waals surface area contributed by atoms with Gasteiger partial charge in [0.25, 0.3) is 0 Å². The number of hydrogen-bond acceptors (Lipinski definition) is 3. The summed E-state index contributed by atoms with van der Waals surface area (Å²) < 4.78 is 0. The van der Waals surface area contributed by atoms with Crippen LogP contribution >= 0.6 is 11.8 Å². The van der Waals surface area contributed by atoms with Crippen molar-refractivity contribution in [3.05, 3.63) is 0 Å². The summed E-state index contributed by atoms with van der Waals surface area (Å²) in [4.78, 5) is 10.2. The van der Waals surface area contributed by atoms with Crippen LogP contribution in [0.1, 0.15) is 39.0 Å². The molecule has 1 unspecified atom stereocenters. The Morgan fingerprint density at radius 1 is 1.31 bits per heavy atom. The van der Waals surface area contributed by atoms with E-state index in [2.05, 4.69) is 6.92 Å². The van der Waals surface area contributed by atoms with Gasteiger partial charge in [0.05, 0.1) is 0 Å². The minimum atomic E-state index is -1.24. The summed E-state index contributed by atoms with van der Waals surface area (Å²) >= 11 is 1.10. The normalized spacial score (nSPS) is 12.8. The van der Waals surface area contributed by atoms with Crippen LogP contribution in [0.5, 0.6) is 0 Å². The number of carboxylic acids is 1. The molecule has 0 heterocycles. The second kappa shape index (κ2) is 8.38. The van der Waals surface area contributed by atoms with Crippen LogP contribution in [0.4, 0.5) is 0 Å². The molecule has 4 heteroatoms. The Labute approximate surface area is 83.5 Å². The van der Waals surface area contributed by atoms with Crippen LogP contribution in [0.25, 0.3) is 0 Å². The highest BCUT2D eigenvalue weighted by atomic mass is 32.2. The molecule has 1 atom stereocenters. The first-order valence-electron chi connectivity index (χ1n) is 4.71. The zero-order valence-corrected chi connectivity index (χ0v) is 8.85. The van der Waals surface area contributed by atoms with Gasteiger partial charge in [0.1, 0.15) is 0 Å². The first-order chi connectivity index (χ1) is 6.18. The molecule has 0 saturated carbocycles. The number of aliphatic hydroxyl groups excluding tert-OH is 1. The van der Waals surface area contributed by atoms with Crippen LogP contribution < -0.4 is 0 Å². The van der Waals surface area contributed by atoms with Crippen LogP contribution in [0.15, 0.2) is 0 Å². The van der Waals surface area contributed by atoms with E-state index in [1.165, 1.54) is 19.3 Å². The van der Waals surface area contributed by atoms with Gasteiger partial charge in [-0.25, -0.2) is 4.79 Å². The van der Waals surface area contributed by atoms with Crippen molar-refractivity contribution in [3.8, 4) is 0 Å². The summed E-state index contributed by atoms with van der Waals surface area (Å²) in [5.74, 6) is -0.407. The van der Waals surface area contributed by atoms with Crippen LogP contribution in [-0.4, -0.2) is 27.4 Å². The van der Waals surface area contributed by atoms with E-state index in [0.29, 0.717) is 0 Å². The van der Waals surface area contributed by atoms with Crippen LogP contribution in [0.3, 0.4) is 0 Å². The zero-order valence-electron chi connectivity index (χ0n) is 8.03. The maximum Gasteiger partial charge on any atom is 0.343 e. The molecular weight excluding hydrogens is 188 g/mol.